The molecule has 1 rings (SSSR count). The summed E-state index contributed by atoms with van der Waals surface area (Å²) in [4.78, 5) is 14.0. The number of hydrogen-bond donors (Lipinski definition) is 1. The summed E-state index contributed by atoms with van der Waals surface area (Å²) in [6.45, 7) is 6.25. The molecule has 1 aromatic rings. The number of hydrogen-bond acceptors (Lipinski definition) is 2. The highest BCUT2D eigenvalue weighted by atomic mass is 79.9. The molecule has 0 saturated heterocycles. The van der Waals surface area contributed by atoms with E-state index in [-0.39, 0.29) is 11.9 Å². The minimum atomic E-state index is -0.000741. The van der Waals surface area contributed by atoms with Crippen LogP contribution in [0.1, 0.15) is 31.1 Å². The van der Waals surface area contributed by atoms with Crippen LogP contribution >= 0.6 is 15.9 Å². The van der Waals surface area contributed by atoms with Gasteiger partial charge in [0, 0.05) is 28.8 Å². The van der Waals surface area contributed by atoms with E-state index < -0.39 is 0 Å². The lowest BCUT2D eigenvalue weighted by Gasteiger charge is -2.28. The van der Waals surface area contributed by atoms with Gasteiger partial charge < -0.3 is 10.6 Å². The largest absolute Gasteiger partial charge is 0.399 e. The fourth-order valence-electron chi connectivity index (χ4n) is 1.57. The molecule has 0 spiro atoms. The highest BCUT2D eigenvalue weighted by Gasteiger charge is 2.20. The highest BCUT2D eigenvalue weighted by Crippen LogP contribution is 2.20. The molecule has 1 unspecified atom stereocenters. The van der Waals surface area contributed by atoms with Crippen LogP contribution in [0.15, 0.2) is 22.7 Å². The number of nitrogen functional groups attached to an aromatic ring is 1. The predicted octanol–water partition coefficient (Wildman–Crippen LogP) is 3.15. The number of halogens is 1. The molecule has 94 valence electrons. The van der Waals surface area contributed by atoms with Crippen molar-refractivity contribution in [3.8, 4) is 0 Å². The first-order valence-corrected chi connectivity index (χ1v) is 6.45. The zero-order valence-corrected chi connectivity index (χ0v) is 12.3. The van der Waals surface area contributed by atoms with Gasteiger partial charge in [-0.25, -0.2) is 0 Å². The van der Waals surface area contributed by atoms with E-state index in [1.807, 2.05) is 14.0 Å². The van der Waals surface area contributed by atoms with Crippen LogP contribution in [0.3, 0.4) is 0 Å². The summed E-state index contributed by atoms with van der Waals surface area (Å²) in [6, 6.07) is 5.48. The van der Waals surface area contributed by atoms with Gasteiger partial charge in [0.1, 0.15) is 0 Å². The van der Waals surface area contributed by atoms with Crippen molar-refractivity contribution in [2.45, 2.75) is 26.8 Å². The summed E-state index contributed by atoms with van der Waals surface area (Å²) in [5.41, 5.74) is 6.94. The number of amides is 1. The molecule has 0 fully saturated rings. The second-order valence-corrected chi connectivity index (χ2v) is 5.59. The van der Waals surface area contributed by atoms with Crippen LogP contribution in [0.25, 0.3) is 0 Å². The van der Waals surface area contributed by atoms with Gasteiger partial charge >= 0.3 is 0 Å². The van der Waals surface area contributed by atoms with Crippen molar-refractivity contribution in [1.29, 1.82) is 0 Å². The summed E-state index contributed by atoms with van der Waals surface area (Å²) >= 11 is 3.35. The van der Waals surface area contributed by atoms with Crippen LogP contribution in [0.2, 0.25) is 0 Å². The Labute approximate surface area is 111 Å². The topological polar surface area (TPSA) is 46.3 Å². The number of carbonyl (C=O) groups excluding carboxylic acids is 1. The Hall–Kier alpha value is -1.03. The van der Waals surface area contributed by atoms with Gasteiger partial charge in [0.25, 0.3) is 5.91 Å². The van der Waals surface area contributed by atoms with Crippen molar-refractivity contribution in [1.82, 2.24) is 4.90 Å². The number of nitrogens with two attached hydrogens (primary N) is 1. The maximum absolute atomic E-state index is 12.2. The number of anilines is 1. The van der Waals surface area contributed by atoms with Crippen LogP contribution in [-0.4, -0.2) is 23.9 Å². The van der Waals surface area contributed by atoms with E-state index in [1.165, 1.54) is 0 Å². The van der Waals surface area contributed by atoms with Crippen molar-refractivity contribution in [3.05, 3.63) is 28.2 Å². The second-order valence-electron chi connectivity index (χ2n) is 4.67. The zero-order chi connectivity index (χ0) is 13.2. The molecular weight excluding hydrogens is 280 g/mol. The van der Waals surface area contributed by atoms with Crippen LogP contribution in [0.5, 0.6) is 0 Å². The van der Waals surface area contributed by atoms with E-state index in [0.29, 0.717) is 17.2 Å². The molecule has 3 nitrogen and oxygen atoms in total. The van der Waals surface area contributed by atoms with E-state index in [9.17, 15) is 4.79 Å². The Bertz CT molecular complexity index is 398. The van der Waals surface area contributed by atoms with Gasteiger partial charge in [0.2, 0.25) is 0 Å². The molecule has 0 aliphatic rings. The van der Waals surface area contributed by atoms with Crippen LogP contribution in [0.4, 0.5) is 5.69 Å². The zero-order valence-electron chi connectivity index (χ0n) is 10.7. The Morgan fingerprint density at radius 3 is 2.35 bits per heavy atom. The van der Waals surface area contributed by atoms with E-state index in [0.717, 1.165) is 4.47 Å². The third-order valence-corrected chi connectivity index (χ3v) is 3.52. The molecule has 1 atom stereocenters. The maximum atomic E-state index is 12.2. The second kappa shape index (κ2) is 5.54. The first-order valence-electron chi connectivity index (χ1n) is 5.66. The molecule has 0 radical (unpaired) electrons. The Kier molecular flexibility index (Phi) is 4.57. The lowest BCUT2D eigenvalue weighted by molar-refractivity contribution is 0.0707. The molecule has 1 amide bonds. The average Bonchev–Trinajstić information content (AvgIpc) is 2.24. The number of benzene rings is 1. The molecule has 17 heavy (non-hydrogen) atoms. The third-order valence-electron chi connectivity index (χ3n) is 3.06. The molecule has 0 bridgehead atoms. The lowest BCUT2D eigenvalue weighted by atomic mass is 10.0. The average molecular weight is 299 g/mol. The fraction of sp³-hybridized carbons (Fsp3) is 0.462. The summed E-state index contributed by atoms with van der Waals surface area (Å²) in [7, 11) is 1.82. The van der Waals surface area contributed by atoms with Crippen molar-refractivity contribution in [2.75, 3.05) is 12.8 Å². The molecule has 0 aliphatic heterocycles. The molecule has 2 N–H and O–H groups in total. The smallest absolute Gasteiger partial charge is 0.253 e. The van der Waals surface area contributed by atoms with Gasteiger partial charge in [-0.2, -0.15) is 0 Å². The standard InChI is InChI=1S/C13H19BrN2O/c1-8(2)9(3)16(4)13(17)10-5-11(14)7-12(15)6-10/h5-9H,15H2,1-4H3. The van der Waals surface area contributed by atoms with Crippen LogP contribution in [0, 0.1) is 5.92 Å². The molecule has 0 heterocycles. The van der Waals surface area contributed by atoms with Crippen LogP contribution in [-0.2, 0) is 0 Å². The molecule has 0 aromatic heterocycles. The molecule has 4 heteroatoms. The van der Waals surface area contributed by atoms with Crippen LogP contribution < -0.4 is 5.73 Å². The number of rotatable bonds is 3. The fourth-order valence-corrected chi connectivity index (χ4v) is 2.08. The lowest BCUT2D eigenvalue weighted by Crippen LogP contribution is -2.38. The monoisotopic (exact) mass is 298 g/mol. The molecular formula is C13H19BrN2O. The van der Waals surface area contributed by atoms with E-state index in [4.69, 9.17) is 5.73 Å². The highest BCUT2D eigenvalue weighted by molar-refractivity contribution is 9.10. The van der Waals surface area contributed by atoms with Gasteiger partial charge in [0.15, 0.2) is 0 Å². The minimum Gasteiger partial charge on any atom is -0.399 e. The quantitative estimate of drug-likeness (QED) is 0.872. The van der Waals surface area contributed by atoms with Crippen molar-refractivity contribution >= 4 is 27.5 Å². The van der Waals surface area contributed by atoms with Gasteiger partial charge in [0.05, 0.1) is 0 Å². The summed E-state index contributed by atoms with van der Waals surface area (Å²) in [6.07, 6.45) is 0. The van der Waals surface area contributed by atoms with Crippen molar-refractivity contribution in [2.24, 2.45) is 5.92 Å². The number of nitrogens with zero attached hydrogens (tertiary/aromatic N) is 1. The third kappa shape index (κ3) is 3.46. The van der Waals surface area contributed by atoms with Crippen molar-refractivity contribution < 1.29 is 4.79 Å². The molecule has 0 saturated carbocycles. The predicted molar refractivity (Wildman–Crippen MR) is 74.9 cm³/mol. The summed E-state index contributed by atoms with van der Waals surface area (Å²) in [5.74, 6) is 0.424. The van der Waals surface area contributed by atoms with E-state index in [1.54, 1.807) is 23.1 Å². The maximum Gasteiger partial charge on any atom is 0.253 e. The molecule has 1 aromatic carbocycles. The Morgan fingerprint density at radius 2 is 1.88 bits per heavy atom. The Balaban J connectivity index is 2.96. The van der Waals surface area contributed by atoms with Gasteiger partial charge in [-0.3, -0.25) is 4.79 Å². The SMILES string of the molecule is CC(C)C(C)N(C)C(=O)c1cc(N)cc(Br)c1. The minimum absolute atomic E-state index is 0.000741. The summed E-state index contributed by atoms with van der Waals surface area (Å²) in [5, 5.41) is 0. The first kappa shape index (κ1) is 14.0. The van der Waals surface area contributed by atoms with Gasteiger partial charge in [-0.15, -0.1) is 0 Å². The first-order chi connectivity index (χ1) is 7.82. The summed E-state index contributed by atoms with van der Waals surface area (Å²) < 4.78 is 0.825. The molecule has 0 aliphatic carbocycles. The number of carbonyl (C=O) groups is 1. The van der Waals surface area contributed by atoms with E-state index in [2.05, 4.69) is 29.8 Å². The van der Waals surface area contributed by atoms with E-state index >= 15 is 0 Å². The van der Waals surface area contributed by atoms with Crippen molar-refractivity contribution in [3.63, 3.8) is 0 Å². The van der Waals surface area contributed by atoms with Gasteiger partial charge in [-0.1, -0.05) is 29.8 Å². The Morgan fingerprint density at radius 1 is 1.29 bits per heavy atom. The van der Waals surface area contributed by atoms with Gasteiger partial charge in [-0.05, 0) is 31.0 Å². The normalized spacial score (nSPS) is 12.6.